The highest BCUT2D eigenvalue weighted by atomic mass is 79.9. The van der Waals surface area contributed by atoms with Crippen molar-refractivity contribution in [2.24, 2.45) is 5.73 Å². The maximum absolute atomic E-state index is 13.4. The number of hydrogen-bond acceptors (Lipinski definition) is 2. The van der Waals surface area contributed by atoms with E-state index in [1.54, 1.807) is 0 Å². The van der Waals surface area contributed by atoms with E-state index in [4.69, 9.17) is 5.73 Å². The van der Waals surface area contributed by atoms with Crippen molar-refractivity contribution < 1.29 is 13.6 Å². The first-order chi connectivity index (χ1) is 7.00. The number of nitrogens with zero attached hydrogens (tertiary/aromatic N) is 1. The third kappa shape index (κ3) is 1.63. The molecule has 1 amide bonds. The van der Waals surface area contributed by atoms with Crippen molar-refractivity contribution in [2.45, 2.75) is 6.04 Å². The second kappa shape index (κ2) is 3.53. The summed E-state index contributed by atoms with van der Waals surface area (Å²) >= 11 is 2.85. The Morgan fingerprint density at radius 1 is 1.40 bits per heavy atom. The van der Waals surface area contributed by atoms with Gasteiger partial charge in [-0.15, -0.1) is 0 Å². The summed E-state index contributed by atoms with van der Waals surface area (Å²) in [5.41, 5.74) is 5.28. The van der Waals surface area contributed by atoms with Crippen molar-refractivity contribution in [1.29, 1.82) is 0 Å². The van der Waals surface area contributed by atoms with Gasteiger partial charge in [0.2, 0.25) is 5.91 Å². The first-order valence-corrected chi connectivity index (χ1v) is 5.01. The zero-order valence-corrected chi connectivity index (χ0v) is 9.09. The fourth-order valence-electron chi connectivity index (χ4n) is 1.39. The molecule has 80 valence electrons. The highest BCUT2D eigenvalue weighted by Gasteiger charge is 2.36. The first kappa shape index (κ1) is 10.5. The Labute approximate surface area is 93.0 Å². The van der Waals surface area contributed by atoms with E-state index in [-0.39, 0.29) is 16.7 Å². The van der Waals surface area contributed by atoms with Gasteiger partial charge in [0.1, 0.15) is 17.7 Å². The zero-order chi connectivity index (χ0) is 11.2. The molecule has 1 unspecified atom stereocenters. The number of amides is 1. The lowest BCUT2D eigenvalue weighted by atomic mass is 10.1. The molecule has 0 aliphatic carbocycles. The van der Waals surface area contributed by atoms with Crippen LogP contribution >= 0.6 is 15.9 Å². The molecule has 1 aliphatic rings. The second-order valence-corrected chi connectivity index (χ2v) is 4.13. The molecule has 6 heteroatoms. The second-order valence-electron chi connectivity index (χ2n) is 3.27. The van der Waals surface area contributed by atoms with E-state index in [0.717, 1.165) is 17.0 Å². The molecule has 1 atom stereocenters. The van der Waals surface area contributed by atoms with E-state index in [1.165, 1.54) is 0 Å². The van der Waals surface area contributed by atoms with Crippen LogP contribution in [0.3, 0.4) is 0 Å². The van der Waals surface area contributed by atoms with Crippen LogP contribution < -0.4 is 10.6 Å². The molecule has 1 heterocycles. The third-order valence-corrected chi connectivity index (χ3v) is 2.85. The molecule has 3 nitrogen and oxygen atoms in total. The molecule has 1 saturated heterocycles. The Balaban J connectivity index is 2.37. The SMILES string of the molecule is NC1CN(c2cc(F)c(Br)cc2F)C1=O. The Bertz CT molecular complexity index is 438. The summed E-state index contributed by atoms with van der Waals surface area (Å²) in [5.74, 6) is -1.65. The van der Waals surface area contributed by atoms with Crippen LogP contribution in [0.4, 0.5) is 14.5 Å². The monoisotopic (exact) mass is 276 g/mol. The highest BCUT2D eigenvalue weighted by Crippen LogP contribution is 2.29. The van der Waals surface area contributed by atoms with Crippen LogP contribution in [0, 0.1) is 11.6 Å². The van der Waals surface area contributed by atoms with Crippen molar-refractivity contribution in [2.75, 3.05) is 11.4 Å². The Kier molecular flexibility index (Phi) is 2.47. The van der Waals surface area contributed by atoms with Gasteiger partial charge in [-0.05, 0) is 22.0 Å². The smallest absolute Gasteiger partial charge is 0.245 e. The molecule has 0 aromatic heterocycles. The summed E-state index contributed by atoms with van der Waals surface area (Å²) in [7, 11) is 0. The van der Waals surface area contributed by atoms with E-state index in [9.17, 15) is 13.6 Å². The number of rotatable bonds is 1. The Morgan fingerprint density at radius 3 is 2.60 bits per heavy atom. The molecular weight excluding hydrogens is 270 g/mol. The normalized spacial score (nSPS) is 20.4. The van der Waals surface area contributed by atoms with Crippen LogP contribution in [0.2, 0.25) is 0 Å². The van der Waals surface area contributed by atoms with Gasteiger partial charge in [-0.25, -0.2) is 8.78 Å². The predicted molar refractivity (Wildman–Crippen MR) is 54.4 cm³/mol. The van der Waals surface area contributed by atoms with Gasteiger partial charge in [0, 0.05) is 6.07 Å². The molecule has 0 radical (unpaired) electrons. The number of carbonyl (C=O) groups is 1. The number of β-lactam (4-membered cyclic amide) rings is 1. The van der Waals surface area contributed by atoms with Crippen LogP contribution in [-0.4, -0.2) is 18.5 Å². The minimum absolute atomic E-state index is 0.0287. The molecular formula is C9H7BrF2N2O. The number of nitrogens with two attached hydrogens (primary N) is 1. The maximum atomic E-state index is 13.4. The van der Waals surface area contributed by atoms with Crippen LogP contribution in [-0.2, 0) is 4.79 Å². The van der Waals surface area contributed by atoms with Crippen molar-refractivity contribution in [1.82, 2.24) is 0 Å². The van der Waals surface area contributed by atoms with E-state index < -0.39 is 23.6 Å². The van der Waals surface area contributed by atoms with Gasteiger partial charge < -0.3 is 10.6 Å². The Hall–Kier alpha value is -1.01. The summed E-state index contributed by atoms with van der Waals surface area (Å²) in [5, 5.41) is 0. The predicted octanol–water partition coefficient (Wildman–Crippen LogP) is 1.40. The standard InChI is InChI=1S/C9H7BrF2N2O/c10-4-1-6(12)8(2-5(4)11)14-3-7(13)9(14)15/h1-2,7H,3,13H2. The summed E-state index contributed by atoms with van der Waals surface area (Å²) < 4.78 is 26.5. The molecule has 0 spiro atoms. The van der Waals surface area contributed by atoms with Gasteiger partial charge in [-0.2, -0.15) is 0 Å². The van der Waals surface area contributed by atoms with Crippen LogP contribution in [0.15, 0.2) is 16.6 Å². The average Bonchev–Trinajstić information content (AvgIpc) is 2.20. The Morgan fingerprint density at radius 2 is 2.07 bits per heavy atom. The minimum atomic E-state index is -0.650. The number of carbonyl (C=O) groups excluding carboxylic acids is 1. The lowest BCUT2D eigenvalue weighted by Gasteiger charge is -2.36. The van der Waals surface area contributed by atoms with E-state index >= 15 is 0 Å². The summed E-state index contributed by atoms with van der Waals surface area (Å²) in [6.07, 6.45) is 0. The van der Waals surface area contributed by atoms with E-state index in [2.05, 4.69) is 15.9 Å². The largest absolute Gasteiger partial charge is 0.318 e. The topological polar surface area (TPSA) is 46.3 Å². The highest BCUT2D eigenvalue weighted by molar-refractivity contribution is 9.10. The molecule has 1 fully saturated rings. The van der Waals surface area contributed by atoms with Crippen LogP contribution in [0.1, 0.15) is 0 Å². The molecule has 1 aromatic rings. The molecule has 1 aromatic carbocycles. The molecule has 1 aliphatic heterocycles. The maximum Gasteiger partial charge on any atom is 0.245 e. The van der Waals surface area contributed by atoms with Crippen molar-refractivity contribution in [3.63, 3.8) is 0 Å². The van der Waals surface area contributed by atoms with Crippen molar-refractivity contribution >= 4 is 27.5 Å². The zero-order valence-electron chi connectivity index (χ0n) is 7.51. The lowest BCUT2D eigenvalue weighted by molar-refractivity contribution is -0.123. The van der Waals surface area contributed by atoms with Crippen LogP contribution in [0.25, 0.3) is 0 Å². The quantitative estimate of drug-likeness (QED) is 0.623. The van der Waals surface area contributed by atoms with E-state index in [1.807, 2.05) is 0 Å². The fraction of sp³-hybridized carbons (Fsp3) is 0.222. The number of benzene rings is 1. The number of hydrogen-bond donors (Lipinski definition) is 1. The third-order valence-electron chi connectivity index (χ3n) is 2.24. The lowest BCUT2D eigenvalue weighted by Crippen LogP contribution is -2.61. The summed E-state index contributed by atoms with van der Waals surface area (Å²) in [4.78, 5) is 12.3. The first-order valence-electron chi connectivity index (χ1n) is 4.22. The number of halogens is 3. The minimum Gasteiger partial charge on any atom is -0.318 e. The summed E-state index contributed by atoms with van der Waals surface area (Å²) in [6, 6.07) is 1.36. The fourth-order valence-corrected chi connectivity index (χ4v) is 1.70. The van der Waals surface area contributed by atoms with Gasteiger partial charge in [0.15, 0.2) is 0 Å². The molecule has 0 saturated carbocycles. The summed E-state index contributed by atoms with van der Waals surface area (Å²) in [6.45, 7) is 0.219. The van der Waals surface area contributed by atoms with Crippen molar-refractivity contribution in [3.05, 3.63) is 28.2 Å². The van der Waals surface area contributed by atoms with Gasteiger partial charge in [0.05, 0.1) is 16.7 Å². The van der Waals surface area contributed by atoms with Gasteiger partial charge in [-0.3, -0.25) is 4.79 Å². The number of anilines is 1. The average molecular weight is 277 g/mol. The van der Waals surface area contributed by atoms with Gasteiger partial charge in [-0.1, -0.05) is 0 Å². The van der Waals surface area contributed by atoms with Gasteiger partial charge >= 0.3 is 0 Å². The molecule has 2 rings (SSSR count). The van der Waals surface area contributed by atoms with E-state index in [0.29, 0.717) is 0 Å². The molecule has 2 N–H and O–H groups in total. The van der Waals surface area contributed by atoms with Gasteiger partial charge in [0.25, 0.3) is 0 Å². The van der Waals surface area contributed by atoms with Crippen LogP contribution in [0.5, 0.6) is 0 Å². The molecule has 15 heavy (non-hydrogen) atoms. The molecule has 0 bridgehead atoms. The van der Waals surface area contributed by atoms with Crippen molar-refractivity contribution in [3.8, 4) is 0 Å².